The maximum Gasteiger partial charge on any atom is 0.241 e. The van der Waals surface area contributed by atoms with Crippen LogP contribution in [-0.2, 0) is 4.79 Å². The molecule has 0 aromatic heterocycles. The van der Waals surface area contributed by atoms with E-state index in [0.717, 1.165) is 10.9 Å². The van der Waals surface area contributed by atoms with E-state index in [1.165, 1.54) is 30.6 Å². The molecule has 1 aromatic rings. The second-order valence-electron chi connectivity index (χ2n) is 5.89. The fourth-order valence-corrected chi connectivity index (χ4v) is 4.21. The molecule has 2 fully saturated rings. The standard InChI is InChI=1S/C16H22N2O2S.ClH/c19-12-9-15(17-10-12)16(20)18-11-5-7-14(8-6-11)21-13-3-1-2-4-13;/h5-8,12-13,15,17,19H,1-4,9-10H2,(H,18,20);1H. The third-order valence-electron chi connectivity index (χ3n) is 4.15. The highest BCUT2D eigenvalue weighted by molar-refractivity contribution is 8.00. The molecule has 122 valence electrons. The number of anilines is 1. The summed E-state index contributed by atoms with van der Waals surface area (Å²) in [4.78, 5) is 13.3. The highest BCUT2D eigenvalue weighted by Crippen LogP contribution is 2.34. The van der Waals surface area contributed by atoms with Gasteiger partial charge in [-0.25, -0.2) is 0 Å². The lowest BCUT2D eigenvalue weighted by atomic mass is 10.2. The third-order valence-corrected chi connectivity index (χ3v) is 5.50. The van der Waals surface area contributed by atoms with Crippen molar-refractivity contribution in [2.75, 3.05) is 11.9 Å². The van der Waals surface area contributed by atoms with E-state index in [4.69, 9.17) is 0 Å². The van der Waals surface area contributed by atoms with Crippen LogP contribution in [0.1, 0.15) is 32.1 Å². The van der Waals surface area contributed by atoms with Gasteiger partial charge in [-0.2, -0.15) is 0 Å². The minimum atomic E-state index is -0.411. The average molecular weight is 343 g/mol. The summed E-state index contributed by atoms with van der Waals surface area (Å²) in [5, 5.41) is 16.1. The first kappa shape index (κ1) is 17.6. The van der Waals surface area contributed by atoms with Crippen molar-refractivity contribution in [3.63, 3.8) is 0 Å². The van der Waals surface area contributed by atoms with Crippen LogP contribution in [0, 0.1) is 0 Å². The topological polar surface area (TPSA) is 61.4 Å². The van der Waals surface area contributed by atoms with Crippen molar-refractivity contribution >= 4 is 35.8 Å². The molecule has 1 heterocycles. The van der Waals surface area contributed by atoms with Crippen LogP contribution < -0.4 is 10.6 Å². The summed E-state index contributed by atoms with van der Waals surface area (Å²) in [6.45, 7) is 0.495. The minimum Gasteiger partial charge on any atom is -0.392 e. The van der Waals surface area contributed by atoms with Crippen LogP contribution in [0.5, 0.6) is 0 Å². The fraction of sp³-hybridized carbons (Fsp3) is 0.562. The Morgan fingerprint density at radius 1 is 1.23 bits per heavy atom. The Hall–Kier alpha value is -0.750. The maximum absolute atomic E-state index is 12.0. The number of hydrogen-bond acceptors (Lipinski definition) is 4. The summed E-state index contributed by atoms with van der Waals surface area (Å²) >= 11 is 1.95. The van der Waals surface area contributed by atoms with Crippen molar-refractivity contribution in [1.29, 1.82) is 0 Å². The molecule has 1 amide bonds. The molecule has 2 atom stereocenters. The number of β-amino-alcohol motifs (C(OH)–C–C–N with tert-alkyl or cyclic N) is 1. The number of aliphatic hydroxyl groups excluding tert-OH is 1. The molecule has 6 heteroatoms. The highest BCUT2D eigenvalue weighted by atomic mass is 35.5. The molecule has 1 aliphatic heterocycles. The average Bonchev–Trinajstić information content (AvgIpc) is 3.12. The molecular weight excluding hydrogens is 320 g/mol. The lowest BCUT2D eigenvalue weighted by Gasteiger charge is -2.12. The van der Waals surface area contributed by atoms with Gasteiger partial charge in [-0.3, -0.25) is 4.79 Å². The van der Waals surface area contributed by atoms with Crippen molar-refractivity contribution in [3.8, 4) is 0 Å². The predicted molar refractivity (Wildman–Crippen MR) is 92.8 cm³/mol. The number of carbonyl (C=O) groups is 1. The van der Waals surface area contributed by atoms with Gasteiger partial charge in [-0.05, 0) is 43.5 Å². The Balaban J connectivity index is 0.00000176. The molecule has 3 N–H and O–H groups in total. The third kappa shape index (κ3) is 4.62. The van der Waals surface area contributed by atoms with Crippen molar-refractivity contribution < 1.29 is 9.90 Å². The number of rotatable bonds is 4. The number of halogens is 1. The monoisotopic (exact) mass is 342 g/mol. The van der Waals surface area contributed by atoms with E-state index in [-0.39, 0.29) is 24.4 Å². The van der Waals surface area contributed by atoms with Gasteiger partial charge in [-0.1, -0.05) is 12.8 Å². The normalized spacial score (nSPS) is 25.0. The lowest BCUT2D eigenvalue weighted by Crippen LogP contribution is -2.35. The zero-order valence-corrected chi connectivity index (χ0v) is 14.1. The maximum atomic E-state index is 12.0. The molecule has 1 aliphatic carbocycles. The Labute approximate surface area is 141 Å². The van der Waals surface area contributed by atoms with Gasteiger partial charge >= 0.3 is 0 Å². The highest BCUT2D eigenvalue weighted by Gasteiger charge is 2.27. The largest absolute Gasteiger partial charge is 0.392 e. The SMILES string of the molecule is Cl.O=C(Nc1ccc(SC2CCCC2)cc1)C1CC(O)CN1. The molecule has 22 heavy (non-hydrogen) atoms. The van der Waals surface area contributed by atoms with Crippen molar-refractivity contribution in [1.82, 2.24) is 5.32 Å². The molecule has 1 saturated heterocycles. The van der Waals surface area contributed by atoms with Gasteiger partial charge in [0.05, 0.1) is 12.1 Å². The van der Waals surface area contributed by atoms with Crippen LogP contribution >= 0.6 is 24.2 Å². The number of amides is 1. The Morgan fingerprint density at radius 3 is 2.50 bits per heavy atom. The number of carbonyl (C=O) groups excluding carboxylic acids is 1. The summed E-state index contributed by atoms with van der Waals surface area (Å²) in [5.41, 5.74) is 0.818. The predicted octanol–water partition coefficient (Wildman–Crippen LogP) is 2.80. The van der Waals surface area contributed by atoms with Crippen LogP contribution in [0.2, 0.25) is 0 Å². The summed E-state index contributed by atoms with van der Waals surface area (Å²) in [6, 6.07) is 7.79. The van der Waals surface area contributed by atoms with E-state index in [0.29, 0.717) is 13.0 Å². The van der Waals surface area contributed by atoms with Gasteiger partial charge in [0, 0.05) is 22.4 Å². The molecule has 0 spiro atoms. The van der Waals surface area contributed by atoms with E-state index in [1.807, 2.05) is 23.9 Å². The smallest absolute Gasteiger partial charge is 0.241 e. The van der Waals surface area contributed by atoms with Gasteiger partial charge in [0.2, 0.25) is 5.91 Å². The molecular formula is C16H23ClN2O2S. The van der Waals surface area contributed by atoms with Crippen LogP contribution in [0.15, 0.2) is 29.2 Å². The van der Waals surface area contributed by atoms with Crippen LogP contribution in [-0.4, -0.2) is 35.0 Å². The quantitative estimate of drug-likeness (QED) is 0.787. The van der Waals surface area contributed by atoms with Crippen LogP contribution in [0.3, 0.4) is 0 Å². The number of nitrogens with one attached hydrogen (secondary N) is 2. The Morgan fingerprint density at radius 2 is 1.91 bits per heavy atom. The minimum absolute atomic E-state index is 0. The molecule has 2 aliphatic rings. The molecule has 0 bridgehead atoms. The first-order chi connectivity index (χ1) is 10.2. The summed E-state index contributed by atoms with van der Waals surface area (Å²) in [5.74, 6) is -0.0669. The molecule has 4 nitrogen and oxygen atoms in total. The van der Waals surface area contributed by atoms with Gasteiger partial charge in [0.1, 0.15) is 0 Å². The van der Waals surface area contributed by atoms with Crippen molar-refractivity contribution in [2.24, 2.45) is 0 Å². The summed E-state index contributed by atoms with van der Waals surface area (Å²) in [6.07, 6.45) is 5.42. The zero-order valence-electron chi connectivity index (χ0n) is 12.5. The van der Waals surface area contributed by atoms with Gasteiger partial charge in [0.15, 0.2) is 0 Å². The number of thioether (sulfide) groups is 1. The lowest BCUT2D eigenvalue weighted by molar-refractivity contribution is -0.117. The molecule has 1 aromatic carbocycles. The van der Waals surface area contributed by atoms with E-state index >= 15 is 0 Å². The van der Waals surface area contributed by atoms with Crippen molar-refractivity contribution in [3.05, 3.63) is 24.3 Å². The van der Waals surface area contributed by atoms with Crippen LogP contribution in [0.25, 0.3) is 0 Å². The molecule has 2 unspecified atom stereocenters. The summed E-state index contributed by atoms with van der Waals surface area (Å²) < 4.78 is 0. The fourth-order valence-electron chi connectivity index (χ4n) is 2.96. The van der Waals surface area contributed by atoms with Crippen LogP contribution in [0.4, 0.5) is 5.69 Å². The first-order valence-corrected chi connectivity index (χ1v) is 8.58. The van der Waals surface area contributed by atoms with Crippen molar-refractivity contribution in [2.45, 2.75) is 54.4 Å². The van der Waals surface area contributed by atoms with E-state index in [9.17, 15) is 9.90 Å². The molecule has 1 saturated carbocycles. The summed E-state index contributed by atoms with van der Waals surface area (Å²) in [7, 11) is 0. The zero-order chi connectivity index (χ0) is 14.7. The van der Waals surface area contributed by atoms with E-state index < -0.39 is 6.10 Å². The van der Waals surface area contributed by atoms with Gasteiger partial charge in [0.25, 0.3) is 0 Å². The van der Waals surface area contributed by atoms with Gasteiger partial charge < -0.3 is 15.7 Å². The van der Waals surface area contributed by atoms with E-state index in [2.05, 4.69) is 22.8 Å². The first-order valence-electron chi connectivity index (χ1n) is 7.70. The van der Waals surface area contributed by atoms with E-state index in [1.54, 1.807) is 0 Å². The number of benzene rings is 1. The van der Waals surface area contributed by atoms with Gasteiger partial charge in [-0.15, -0.1) is 24.2 Å². The number of aliphatic hydroxyl groups is 1. The molecule has 0 radical (unpaired) electrons. The molecule has 3 rings (SSSR count). The second-order valence-corrected chi connectivity index (χ2v) is 7.26. The second kappa shape index (κ2) is 8.20. The number of hydrogen-bond donors (Lipinski definition) is 3. The Bertz CT molecular complexity index is 491. The Kier molecular flexibility index (Phi) is 6.56.